The number of aliphatic hydroxyl groups is 1. The van der Waals surface area contributed by atoms with E-state index in [0.717, 1.165) is 12.1 Å². The number of rotatable bonds is 4. The number of methoxy groups -OCH3 is 1. The smallest absolute Gasteiger partial charge is 0.336 e. The van der Waals surface area contributed by atoms with Gasteiger partial charge in [0.25, 0.3) is 0 Å². The van der Waals surface area contributed by atoms with Crippen molar-refractivity contribution < 1.29 is 28.2 Å². The molecule has 1 saturated heterocycles. The van der Waals surface area contributed by atoms with Gasteiger partial charge in [0.05, 0.1) is 25.3 Å². The Kier molecular flexibility index (Phi) is 5.22. The molecule has 0 radical (unpaired) electrons. The number of hydrogen-bond donors (Lipinski definition) is 2. The summed E-state index contributed by atoms with van der Waals surface area (Å²) in [4.78, 5) is 26.4. The van der Waals surface area contributed by atoms with Gasteiger partial charge in [-0.3, -0.25) is 0 Å². The molecule has 3 rings (SSSR count). The zero-order valence-electron chi connectivity index (χ0n) is 14.3. The molecule has 26 heavy (non-hydrogen) atoms. The molecule has 2 aliphatic rings. The predicted octanol–water partition coefficient (Wildman–Crippen LogP) is 1.83. The maximum atomic E-state index is 14.3. The molecule has 140 valence electrons. The van der Waals surface area contributed by atoms with Crippen molar-refractivity contribution in [1.29, 1.82) is 0 Å². The minimum atomic E-state index is -0.751. The first-order valence-electron chi connectivity index (χ1n) is 8.41. The van der Waals surface area contributed by atoms with Gasteiger partial charge in [0.1, 0.15) is 11.6 Å². The molecule has 0 aliphatic carbocycles. The molecule has 1 aromatic rings. The first-order chi connectivity index (χ1) is 12.5. The molecule has 1 aromatic carbocycles. The van der Waals surface area contributed by atoms with E-state index in [9.17, 15) is 18.4 Å². The fourth-order valence-corrected chi connectivity index (χ4v) is 3.83. The molecule has 0 unspecified atom stereocenters. The van der Waals surface area contributed by atoms with Crippen LogP contribution in [0.3, 0.4) is 0 Å². The van der Waals surface area contributed by atoms with Crippen molar-refractivity contribution in [1.82, 2.24) is 10.2 Å². The summed E-state index contributed by atoms with van der Waals surface area (Å²) in [5.74, 6) is -2.08. The van der Waals surface area contributed by atoms with Crippen LogP contribution in [-0.2, 0) is 9.53 Å². The Morgan fingerprint density at radius 2 is 2.12 bits per heavy atom. The van der Waals surface area contributed by atoms with Gasteiger partial charge >= 0.3 is 12.0 Å². The molecule has 2 aliphatic heterocycles. The van der Waals surface area contributed by atoms with Crippen LogP contribution in [0.4, 0.5) is 13.6 Å². The minimum absolute atomic E-state index is 0.103. The maximum absolute atomic E-state index is 14.3. The number of nitrogens with zero attached hydrogens (tertiary/aromatic N) is 1. The second-order valence-electron chi connectivity index (χ2n) is 6.32. The van der Waals surface area contributed by atoms with Gasteiger partial charge in [-0.1, -0.05) is 0 Å². The van der Waals surface area contributed by atoms with Crippen LogP contribution in [0, 0.1) is 11.6 Å². The van der Waals surface area contributed by atoms with Crippen molar-refractivity contribution in [2.75, 3.05) is 20.3 Å². The normalized spacial score (nSPS) is 21.8. The topological polar surface area (TPSA) is 78.9 Å². The zero-order valence-corrected chi connectivity index (χ0v) is 14.3. The summed E-state index contributed by atoms with van der Waals surface area (Å²) in [5, 5.41) is 11.5. The van der Waals surface area contributed by atoms with E-state index >= 15 is 0 Å². The third-order valence-corrected chi connectivity index (χ3v) is 4.88. The Morgan fingerprint density at radius 3 is 2.77 bits per heavy atom. The Morgan fingerprint density at radius 1 is 1.35 bits per heavy atom. The van der Waals surface area contributed by atoms with Crippen molar-refractivity contribution in [2.45, 2.75) is 31.3 Å². The van der Waals surface area contributed by atoms with Crippen LogP contribution >= 0.6 is 0 Å². The Hall–Kier alpha value is -2.48. The number of fused-ring (bicyclic) bond motifs is 2. The number of carbonyl (C=O) groups is 2. The number of carbonyl (C=O) groups excluding carboxylic acids is 2. The van der Waals surface area contributed by atoms with Crippen LogP contribution in [0.15, 0.2) is 23.8 Å². The van der Waals surface area contributed by atoms with Gasteiger partial charge in [-0.2, -0.15) is 0 Å². The lowest BCUT2D eigenvalue weighted by molar-refractivity contribution is -0.136. The molecule has 0 spiro atoms. The summed E-state index contributed by atoms with van der Waals surface area (Å²) in [5.41, 5.74) is 0.832. The highest BCUT2D eigenvalue weighted by atomic mass is 19.1. The number of halogens is 2. The van der Waals surface area contributed by atoms with Crippen LogP contribution in [0.25, 0.3) is 5.57 Å². The van der Waals surface area contributed by atoms with Crippen molar-refractivity contribution in [3.8, 4) is 0 Å². The summed E-state index contributed by atoms with van der Waals surface area (Å²) in [6.07, 6.45) is 1.48. The van der Waals surface area contributed by atoms with E-state index in [1.54, 1.807) is 4.90 Å². The van der Waals surface area contributed by atoms with Crippen LogP contribution in [0.2, 0.25) is 0 Å². The highest BCUT2D eigenvalue weighted by Gasteiger charge is 2.46. The first-order valence-corrected chi connectivity index (χ1v) is 8.41. The summed E-state index contributed by atoms with van der Waals surface area (Å²) in [6.45, 7) is -0.0911. The minimum Gasteiger partial charge on any atom is -0.466 e. The largest absolute Gasteiger partial charge is 0.466 e. The van der Waals surface area contributed by atoms with E-state index in [4.69, 9.17) is 9.84 Å². The van der Waals surface area contributed by atoms with Crippen molar-refractivity contribution in [3.05, 3.63) is 41.0 Å². The number of nitrogens with one attached hydrogen (secondary N) is 1. The van der Waals surface area contributed by atoms with Gasteiger partial charge < -0.3 is 20.1 Å². The maximum Gasteiger partial charge on any atom is 0.336 e. The molecular weight excluding hydrogens is 346 g/mol. The number of urea groups is 1. The number of amides is 2. The number of ether oxygens (including phenoxy) is 1. The molecule has 8 heteroatoms. The second-order valence-corrected chi connectivity index (χ2v) is 6.32. The first kappa shape index (κ1) is 18.3. The summed E-state index contributed by atoms with van der Waals surface area (Å²) in [7, 11) is 1.23. The molecule has 2 amide bonds. The Balaban J connectivity index is 2.05. The zero-order chi connectivity index (χ0) is 18.8. The van der Waals surface area contributed by atoms with E-state index < -0.39 is 23.6 Å². The molecule has 2 N–H and O–H groups in total. The van der Waals surface area contributed by atoms with Gasteiger partial charge in [-0.15, -0.1) is 0 Å². The molecular formula is C18H20F2N2O4. The molecule has 0 aromatic heterocycles. The van der Waals surface area contributed by atoms with E-state index in [1.807, 2.05) is 0 Å². The number of benzene rings is 1. The summed E-state index contributed by atoms with van der Waals surface area (Å²) < 4.78 is 32.5. The number of esters is 1. The highest BCUT2D eigenvalue weighted by molar-refractivity contribution is 6.01. The van der Waals surface area contributed by atoms with Crippen molar-refractivity contribution >= 4 is 17.6 Å². The van der Waals surface area contributed by atoms with Gasteiger partial charge in [-0.05, 0) is 37.0 Å². The highest BCUT2D eigenvalue weighted by Crippen LogP contribution is 2.44. The van der Waals surface area contributed by atoms with E-state index in [-0.39, 0.29) is 42.8 Å². The van der Waals surface area contributed by atoms with Crippen molar-refractivity contribution in [2.24, 2.45) is 0 Å². The van der Waals surface area contributed by atoms with Gasteiger partial charge in [-0.25, -0.2) is 18.4 Å². The molecule has 0 saturated carbocycles. The molecule has 6 nitrogen and oxygen atoms in total. The third-order valence-electron chi connectivity index (χ3n) is 4.88. The van der Waals surface area contributed by atoms with Gasteiger partial charge in [0.15, 0.2) is 0 Å². The fraction of sp³-hybridized carbons (Fsp3) is 0.444. The van der Waals surface area contributed by atoms with Gasteiger partial charge in [0.2, 0.25) is 0 Å². The Bertz CT molecular complexity index is 766. The van der Waals surface area contributed by atoms with Crippen molar-refractivity contribution in [3.63, 3.8) is 0 Å². The lowest BCUT2D eigenvalue weighted by atomic mass is 9.88. The van der Waals surface area contributed by atoms with E-state index in [0.29, 0.717) is 18.4 Å². The second kappa shape index (κ2) is 7.41. The Labute approximate surface area is 149 Å². The van der Waals surface area contributed by atoms with Crippen LogP contribution in [0.1, 0.15) is 24.8 Å². The quantitative estimate of drug-likeness (QED) is 0.797. The van der Waals surface area contributed by atoms with Gasteiger partial charge in [0, 0.05) is 24.2 Å². The van der Waals surface area contributed by atoms with Crippen LogP contribution < -0.4 is 5.32 Å². The lowest BCUT2D eigenvalue weighted by Gasteiger charge is -2.37. The predicted molar refractivity (Wildman–Crippen MR) is 89.0 cm³/mol. The molecule has 2 heterocycles. The third kappa shape index (κ3) is 3.16. The standard InChI is InChI=1S/C18H20F2N2O4/c1-26-17(24)16-13(12-4-2-10(19)8-14(12)20)9-11-3-5-15(16)22(11)18(25)21-6-7-23/h2,4,8,11,15,23H,3,5-7,9H2,1H3,(H,21,25)/t11-,15+/m0/s1. The average Bonchev–Trinajstić information content (AvgIpc) is 2.93. The molecule has 2 bridgehead atoms. The molecule has 2 atom stereocenters. The summed E-state index contributed by atoms with van der Waals surface area (Å²) >= 11 is 0. The van der Waals surface area contributed by atoms with Crippen LogP contribution in [0.5, 0.6) is 0 Å². The number of hydrogen-bond acceptors (Lipinski definition) is 4. The summed E-state index contributed by atoms with van der Waals surface area (Å²) in [6, 6.07) is 2.10. The average molecular weight is 366 g/mol. The monoisotopic (exact) mass is 366 g/mol. The lowest BCUT2D eigenvalue weighted by Crippen LogP contribution is -2.51. The molecule has 1 fully saturated rings. The number of aliphatic hydroxyl groups excluding tert-OH is 1. The SMILES string of the molecule is COC(=O)C1=C(c2ccc(F)cc2F)C[C@@H]2CC[C@H]1N2C(=O)NCCO. The van der Waals surface area contributed by atoms with E-state index in [2.05, 4.69) is 5.32 Å². The fourth-order valence-electron chi connectivity index (χ4n) is 3.83. The van der Waals surface area contributed by atoms with E-state index in [1.165, 1.54) is 13.2 Å². The van der Waals surface area contributed by atoms with Crippen LogP contribution in [-0.4, -0.2) is 54.4 Å².